The number of hydrogen-bond donors (Lipinski definition) is 1. The molecule has 0 bridgehead atoms. The molecule has 1 saturated heterocycles. The van der Waals surface area contributed by atoms with Crippen LogP contribution in [0.15, 0.2) is 30.9 Å². The van der Waals surface area contributed by atoms with E-state index >= 15 is 0 Å². The number of alkyl halides is 3. The molecule has 1 N–H and O–H groups in total. The Hall–Kier alpha value is -2.02. The lowest BCUT2D eigenvalue weighted by molar-refractivity contribution is -0.137. The van der Waals surface area contributed by atoms with E-state index in [-0.39, 0.29) is 30.4 Å². The van der Waals surface area contributed by atoms with Gasteiger partial charge in [-0.2, -0.15) is 13.2 Å². The molecule has 132 valence electrons. The molecule has 2 rings (SSSR count). The van der Waals surface area contributed by atoms with Gasteiger partial charge in [0.2, 0.25) is 0 Å². The van der Waals surface area contributed by atoms with Crippen LogP contribution < -0.4 is 4.74 Å². The lowest BCUT2D eigenvalue weighted by Gasteiger charge is -2.34. The van der Waals surface area contributed by atoms with Gasteiger partial charge in [-0.15, -0.1) is 0 Å². The summed E-state index contributed by atoms with van der Waals surface area (Å²) in [7, 11) is 0. The number of piperidine rings is 1. The minimum Gasteiger partial charge on any atom is -0.489 e. The average molecular weight is 343 g/mol. The predicted molar refractivity (Wildman–Crippen MR) is 82.8 cm³/mol. The molecule has 1 fully saturated rings. The summed E-state index contributed by atoms with van der Waals surface area (Å²) in [5.74, 6) is -0.459. The van der Waals surface area contributed by atoms with Crippen molar-refractivity contribution in [1.82, 2.24) is 4.90 Å². The fourth-order valence-corrected chi connectivity index (χ4v) is 2.55. The first-order chi connectivity index (χ1) is 11.2. The summed E-state index contributed by atoms with van der Waals surface area (Å²) in [5, 5.41) is 9.92. The van der Waals surface area contributed by atoms with E-state index < -0.39 is 23.8 Å². The highest BCUT2D eigenvalue weighted by molar-refractivity contribution is 5.97. The Balaban J connectivity index is 2.33. The zero-order valence-electron chi connectivity index (χ0n) is 13.3. The fraction of sp³-hybridized carbons (Fsp3) is 0.471. The van der Waals surface area contributed by atoms with E-state index in [9.17, 15) is 23.1 Å². The lowest BCUT2D eigenvalue weighted by atomic mass is 9.95. The summed E-state index contributed by atoms with van der Waals surface area (Å²) < 4.78 is 44.2. The third kappa shape index (κ3) is 4.08. The van der Waals surface area contributed by atoms with Crippen molar-refractivity contribution in [3.05, 3.63) is 42.0 Å². The van der Waals surface area contributed by atoms with Crippen molar-refractivity contribution in [1.29, 1.82) is 0 Å². The van der Waals surface area contributed by atoms with Crippen molar-refractivity contribution in [3.8, 4) is 5.75 Å². The second kappa shape index (κ2) is 7.25. The molecule has 0 aromatic heterocycles. The smallest absolute Gasteiger partial charge is 0.416 e. The highest BCUT2D eigenvalue weighted by Gasteiger charge is 2.34. The maximum Gasteiger partial charge on any atom is 0.416 e. The predicted octanol–water partition coefficient (Wildman–Crippen LogP) is 3.11. The van der Waals surface area contributed by atoms with Crippen LogP contribution in [0.2, 0.25) is 0 Å². The van der Waals surface area contributed by atoms with Gasteiger partial charge < -0.3 is 14.7 Å². The molecular formula is C17H20F3NO3. The molecule has 1 heterocycles. The molecular weight excluding hydrogens is 323 g/mol. The summed E-state index contributed by atoms with van der Waals surface area (Å²) in [5.41, 5.74) is -1.07. The molecule has 4 nitrogen and oxygen atoms in total. The number of rotatable bonds is 4. The molecule has 0 spiro atoms. The van der Waals surface area contributed by atoms with Crippen molar-refractivity contribution < 1.29 is 27.8 Å². The topological polar surface area (TPSA) is 49.8 Å². The van der Waals surface area contributed by atoms with Gasteiger partial charge in [-0.1, -0.05) is 19.6 Å². The number of β-amino-alcohol motifs (C(OH)–C–C–N with tert-alkyl or cyclic N) is 1. The number of benzene rings is 1. The highest BCUT2D eigenvalue weighted by Crippen LogP contribution is 2.33. The molecule has 0 saturated carbocycles. The molecule has 0 aliphatic carbocycles. The highest BCUT2D eigenvalue weighted by atomic mass is 19.4. The molecule has 0 radical (unpaired) electrons. The zero-order chi connectivity index (χ0) is 17.9. The van der Waals surface area contributed by atoms with Gasteiger partial charge in [-0.3, -0.25) is 4.79 Å². The largest absolute Gasteiger partial charge is 0.489 e. The monoisotopic (exact) mass is 343 g/mol. The van der Waals surface area contributed by atoms with Gasteiger partial charge in [-0.05, 0) is 30.5 Å². The van der Waals surface area contributed by atoms with E-state index in [1.165, 1.54) is 11.0 Å². The van der Waals surface area contributed by atoms with E-state index in [2.05, 4.69) is 6.58 Å². The van der Waals surface area contributed by atoms with Gasteiger partial charge in [0.15, 0.2) is 0 Å². The number of aliphatic hydroxyl groups is 1. The molecule has 1 aromatic carbocycles. The van der Waals surface area contributed by atoms with Crippen LogP contribution in [0.1, 0.15) is 29.3 Å². The van der Waals surface area contributed by atoms with E-state index in [0.717, 1.165) is 18.2 Å². The number of amides is 1. The third-order valence-corrected chi connectivity index (χ3v) is 4.10. The quantitative estimate of drug-likeness (QED) is 0.855. The summed E-state index contributed by atoms with van der Waals surface area (Å²) in [4.78, 5) is 14.0. The Morgan fingerprint density at radius 2 is 2.21 bits per heavy atom. The first-order valence-corrected chi connectivity index (χ1v) is 7.66. The van der Waals surface area contributed by atoms with Crippen molar-refractivity contribution in [2.45, 2.75) is 25.6 Å². The second-order valence-corrected chi connectivity index (χ2v) is 5.89. The second-order valence-electron chi connectivity index (χ2n) is 5.89. The molecule has 7 heteroatoms. The van der Waals surface area contributed by atoms with Gasteiger partial charge in [0.05, 0.1) is 17.2 Å². The van der Waals surface area contributed by atoms with Crippen molar-refractivity contribution in [2.24, 2.45) is 5.92 Å². The Bertz CT molecular complexity index is 616. The van der Waals surface area contributed by atoms with Crippen LogP contribution in [0.4, 0.5) is 13.2 Å². The van der Waals surface area contributed by atoms with Gasteiger partial charge in [0.25, 0.3) is 5.91 Å². The maximum atomic E-state index is 12.9. The van der Waals surface area contributed by atoms with Gasteiger partial charge in [0.1, 0.15) is 12.4 Å². The standard InChI is InChI=1S/C17H20F3NO3/c1-3-8-24-15-5-4-12(17(18,19)20)9-13(15)16(23)21-7-6-11(2)14(22)10-21/h3-5,9,11,14,22H,1,6-8,10H2,2H3. The summed E-state index contributed by atoms with van der Waals surface area (Å²) in [6.45, 7) is 5.90. The van der Waals surface area contributed by atoms with E-state index in [4.69, 9.17) is 4.74 Å². The Morgan fingerprint density at radius 1 is 1.50 bits per heavy atom. The normalized spacial score (nSPS) is 21.5. The van der Waals surface area contributed by atoms with Crippen molar-refractivity contribution in [3.63, 3.8) is 0 Å². The molecule has 2 atom stereocenters. The number of hydrogen-bond acceptors (Lipinski definition) is 3. The van der Waals surface area contributed by atoms with E-state index in [1.54, 1.807) is 0 Å². The van der Waals surface area contributed by atoms with Crippen LogP contribution in [0, 0.1) is 5.92 Å². The van der Waals surface area contributed by atoms with Gasteiger partial charge in [0, 0.05) is 13.1 Å². The number of carbonyl (C=O) groups is 1. The van der Waals surface area contributed by atoms with Crippen LogP contribution in [0.25, 0.3) is 0 Å². The lowest BCUT2D eigenvalue weighted by Crippen LogP contribution is -2.46. The number of nitrogens with zero attached hydrogens (tertiary/aromatic N) is 1. The van der Waals surface area contributed by atoms with Crippen LogP contribution in [-0.4, -0.2) is 41.7 Å². The molecule has 24 heavy (non-hydrogen) atoms. The summed E-state index contributed by atoms with van der Waals surface area (Å²) in [6.07, 6.45) is -3.21. The average Bonchev–Trinajstić information content (AvgIpc) is 2.53. The summed E-state index contributed by atoms with van der Waals surface area (Å²) >= 11 is 0. The first-order valence-electron chi connectivity index (χ1n) is 7.66. The van der Waals surface area contributed by atoms with Crippen LogP contribution >= 0.6 is 0 Å². The number of aliphatic hydroxyl groups excluding tert-OH is 1. The van der Waals surface area contributed by atoms with E-state index in [0.29, 0.717) is 13.0 Å². The number of ether oxygens (including phenoxy) is 1. The van der Waals surface area contributed by atoms with Crippen LogP contribution in [-0.2, 0) is 6.18 Å². The third-order valence-electron chi connectivity index (χ3n) is 4.10. The number of carbonyl (C=O) groups excluding carboxylic acids is 1. The molecule has 2 unspecified atom stereocenters. The van der Waals surface area contributed by atoms with E-state index in [1.807, 2.05) is 6.92 Å². The zero-order valence-corrected chi connectivity index (χ0v) is 13.3. The van der Waals surface area contributed by atoms with Gasteiger partial charge in [-0.25, -0.2) is 0 Å². The van der Waals surface area contributed by atoms with Crippen molar-refractivity contribution >= 4 is 5.91 Å². The fourth-order valence-electron chi connectivity index (χ4n) is 2.55. The minimum atomic E-state index is -4.55. The van der Waals surface area contributed by atoms with Crippen LogP contribution in [0.3, 0.4) is 0 Å². The minimum absolute atomic E-state index is 0.0482. The summed E-state index contributed by atoms with van der Waals surface area (Å²) in [6, 6.07) is 2.82. The molecule has 1 aliphatic rings. The molecule has 1 amide bonds. The Labute approximate surface area is 138 Å². The van der Waals surface area contributed by atoms with Crippen molar-refractivity contribution in [2.75, 3.05) is 19.7 Å². The van der Waals surface area contributed by atoms with Crippen LogP contribution in [0.5, 0.6) is 5.75 Å². The first kappa shape index (κ1) is 18.3. The maximum absolute atomic E-state index is 12.9. The molecule has 1 aliphatic heterocycles. The SMILES string of the molecule is C=CCOc1ccc(C(F)(F)F)cc1C(=O)N1CCC(C)C(O)C1. The Morgan fingerprint density at radius 3 is 2.79 bits per heavy atom. The Kier molecular flexibility index (Phi) is 5.54. The number of likely N-dealkylation sites (tertiary alicyclic amines) is 1. The number of halogens is 3. The molecule has 1 aromatic rings. The van der Waals surface area contributed by atoms with Gasteiger partial charge >= 0.3 is 6.18 Å².